The Labute approximate surface area is 70.0 Å². The number of rotatable bonds is 1. The average Bonchev–Trinajstić information content (AvgIpc) is 2.05. The molecule has 0 aliphatic heterocycles. The van der Waals surface area contributed by atoms with Gasteiger partial charge < -0.3 is 4.74 Å². The molecule has 1 rings (SSSR count). The molecule has 1 aromatic carbocycles. The summed E-state index contributed by atoms with van der Waals surface area (Å²) in [5, 5.41) is 8.93. The van der Waals surface area contributed by atoms with E-state index in [9.17, 15) is 0 Å². The molecule has 3 heteroatoms. The van der Waals surface area contributed by atoms with Crippen LogP contribution in [0.3, 0.4) is 0 Å². The van der Waals surface area contributed by atoms with Crippen LogP contribution in [0.25, 0.3) is 0 Å². The summed E-state index contributed by atoms with van der Waals surface area (Å²) < 4.78 is 4.85. The molecule has 11 heavy (non-hydrogen) atoms. The van der Waals surface area contributed by atoms with Crippen molar-refractivity contribution in [2.24, 2.45) is 0 Å². The van der Waals surface area contributed by atoms with Crippen LogP contribution < -0.4 is 4.74 Å². The number of benzene rings is 1. The molecule has 0 unspecified atom stereocenters. The van der Waals surface area contributed by atoms with Gasteiger partial charge in [0.1, 0.15) is 11.8 Å². The number of halogens is 1. The maximum Gasteiger partial charge on any atom is 0.128 e. The Bertz CT molecular complexity index is 303. The van der Waals surface area contributed by atoms with Crippen LogP contribution in [0.15, 0.2) is 12.1 Å². The Morgan fingerprint density at radius 1 is 1.73 bits per heavy atom. The highest BCUT2D eigenvalue weighted by atomic mass is 35.5. The van der Waals surface area contributed by atoms with E-state index < -0.39 is 0 Å². The number of ether oxygens (including phenoxy) is 1. The molecular formula is C8H5ClNO. The van der Waals surface area contributed by atoms with E-state index in [2.05, 4.69) is 6.07 Å². The molecule has 2 nitrogen and oxygen atoms in total. The number of nitriles is 1. The molecule has 0 spiro atoms. The first-order valence-electron chi connectivity index (χ1n) is 2.93. The lowest BCUT2D eigenvalue weighted by atomic mass is 10.2. The second kappa shape index (κ2) is 3.27. The molecule has 0 saturated heterocycles. The minimum atomic E-state index is 0.397. The maximum atomic E-state index is 8.53. The maximum absolute atomic E-state index is 8.53. The predicted octanol–water partition coefficient (Wildman–Crippen LogP) is 2.02. The standard InChI is InChI=1S/C8H5ClNO/c1-11-7-2-3-8(9)6(4-7)5-10/h3-4H,1H3. The van der Waals surface area contributed by atoms with Gasteiger partial charge in [0.25, 0.3) is 0 Å². The van der Waals surface area contributed by atoms with Crippen LogP contribution in [-0.2, 0) is 0 Å². The van der Waals surface area contributed by atoms with E-state index in [0.29, 0.717) is 16.3 Å². The van der Waals surface area contributed by atoms with E-state index in [1.165, 1.54) is 13.2 Å². The Morgan fingerprint density at radius 2 is 2.45 bits per heavy atom. The zero-order valence-corrected chi connectivity index (χ0v) is 6.64. The third-order valence-electron chi connectivity index (χ3n) is 1.21. The first kappa shape index (κ1) is 7.90. The quantitative estimate of drug-likeness (QED) is 0.640. The van der Waals surface area contributed by atoms with Gasteiger partial charge in [0.15, 0.2) is 0 Å². The molecular weight excluding hydrogens is 162 g/mol. The first-order chi connectivity index (χ1) is 5.27. The fourth-order valence-electron chi connectivity index (χ4n) is 0.657. The van der Waals surface area contributed by atoms with Gasteiger partial charge >= 0.3 is 0 Å². The smallest absolute Gasteiger partial charge is 0.128 e. The van der Waals surface area contributed by atoms with Crippen molar-refractivity contribution in [3.8, 4) is 11.8 Å². The van der Waals surface area contributed by atoms with Crippen molar-refractivity contribution >= 4 is 11.6 Å². The van der Waals surface area contributed by atoms with Crippen molar-refractivity contribution in [1.29, 1.82) is 5.26 Å². The van der Waals surface area contributed by atoms with Crippen molar-refractivity contribution in [3.63, 3.8) is 0 Å². The zero-order valence-electron chi connectivity index (χ0n) is 5.89. The van der Waals surface area contributed by atoms with Crippen LogP contribution in [0.1, 0.15) is 5.56 Å². The van der Waals surface area contributed by atoms with Crippen molar-refractivity contribution < 1.29 is 4.74 Å². The Hall–Kier alpha value is -1.20. The van der Waals surface area contributed by atoms with E-state index in [-0.39, 0.29) is 0 Å². The minimum absolute atomic E-state index is 0.397. The summed E-state index contributed by atoms with van der Waals surface area (Å²) >= 11 is 5.64. The lowest BCUT2D eigenvalue weighted by molar-refractivity contribution is 0.414. The monoisotopic (exact) mass is 166 g/mol. The van der Waals surface area contributed by atoms with Gasteiger partial charge in [0.2, 0.25) is 0 Å². The molecule has 1 radical (unpaired) electrons. The third kappa shape index (κ3) is 1.63. The molecule has 0 atom stereocenters. The predicted molar refractivity (Wildman–Crippen MR) is 41.6 cm³/mol. The van der Waals surface area contributed by atoms with Gasteiger partial charge in [-0.25, -0.2) is 0 Å². The summed E-state index contributed by atoms with van der Waals surface area (Å²) in [6, 6.07) is 7.75. The second-order valence-corrected chi connectivity index (χ2v) is 2.28. The summed E-state index contributed by atoms with van der Waals surface area (Å²) in [5.41, 5.74) is 0.405. The van der Waals surface area contributed by atoms with Crippen LogP contribution in [0.5, 0.6) is 5.75 Å². The average molecular weight is 167 g/mol. The number of hydrogen-bond donors (Lipinski definition) is 0. The Balaban J connectivity index is 3.15. The van der Waals surface area contributed by atoms with Gasteiger partial charge in [-0.05, 0) is 6.07 Å². The molecule has 0 aromatic heterocycles. The van der Waals surface area contributed by atoms with Crippen LogP contribution in [-0.4, -0.2) is 7.11 Å². The summed E-state index contributed by atoms with van der Waals surface area (Å²) in [6.45, 7) is 0. The topological polar surface area (TPSA) is 33.0 Å². The lowest BCUT2D eigenvalue weighted by Crippen LogP contribution is -1.84. The fraction of sp³-hybridized carbons (Fsp3) is 0.125. The number of methoxy groups -OCH3 is 1. The van der Waals surface area contributed by atoms with Gasteiger partial charge in [-0.2, -0.15) is 5.26 Å². The van der Waals surface area contributed by atoms with E-state index >= 15 is 0 Å². The summed E-state index contributed by atoms with van der Waals surface area (Å²) in [6.07, 6.45) is 0. The summed E-state index contributed by atoms with van der Waals surface area (Å²) in [7, 11) is 1.51. The van der Waals surface area contributed by atoms with Gasteiger partial charge in [0.05, 0.1) is 17.7 Å². The summed E-state index contributed by atoms with van der Waals surface area (Å²) in [5.74, 6) is 0.519. The molecule has 0 aliphatic rings. The van der Waals surface area contributed by atoms with Crippen molar-refractivity contribution in [3.05, 3.63) is 28.8 Å². The highest BCUT2D eigenvalue weighted by Gasteiger charge is 2.00. The molecule has 55 valence electrons. The van der Waals surface area contributed by atoms with E-state index in [4.69, 9.17) is 21.6 Å². The van der Waals surface area contributed by atoms with Gasteiger partial charge in [0, 0.05) is 12.1 Å². The largest absolute Gasteiger partial charge is 0.496 e. The highest BCUT2D eigenvalue weighted by molar-refractivity contribution is 6.31. The number of hydrogen-bond acceptors (Lipinski definition) is 2. The lowest BCUT2D eigenvalue weighted by Gasteiger charge is -1.98. The molecule has 0 fully saturated rings. The second-order valence-electron chi connectivity index (χ2n) is 1.87. The van der Waals surface area contributed by atoms with Crippen molar-refractivity contribution in [2.75, 3.05) is 7.11 Å². The molecule has 0 heterocycles. The van der Waals surface area contributed by atoms with E-state index in [0.717, 1.165) is 0 Å². The fourth-order valence-corrected chi connectivity index (χ4v) is 0.809. The molecule has 1 aromatic rings. The van der Waals surface area contributed by atoms with Crippen molar-refractivity contribution in [1.82, 2.24) is 0 Å². The molecule has 0 amide bonds. The van der Waals surface area contributed by atoms with Crippen LogP contribution in [0.2, 0.25) is 5.02 Å². The minimum Gasteiger partial charge on any atom is -0.496 e. The highest BCUT2D eigenvalue weighted by Crippen LogP contribution is 2.19. The number of nitrogens with zero attached hydrogens (tertiary/aromatic N) is 1. The van der Waals surface area contributed by atoms with E-state index in [1.807, 2.05) is 6.07 Å². The van der Waals surface area contributed by atoms with Crippen LogP contribution in [0.4, 0.5) is 0 Å². The van der Waals surface area contributed by atoms with Crippen LogP contribution in [0, 0.1) is 17.4 Å². The van der Waals surface area contributed by atoms with Gasteiger partial charge in [-0.3, -0.25) is 0 Å². The van der Waals surface area contributed by atoms with Gasteiger partial charge in [-0.15, -0.1) is 0 Å². The Morgan fingerprint density at radius 3 is 3.00 bits per heavy atom. The molecule has 0 saturated carbocycles. The molecule has 0 N–H and O–H groups in total. The molecule has 0 aliphatic carbocycles. The van der Waals surface area contributed by atoms with Crippen molar-refractivity contribution in [2.45, 2.75) is 0 Å². The first-order valence-corrected chi connectivity index (χ1v) is 3.31. The summed E-state index contributed by atoms with van der Waals surface area (Å²) in [4.78, 5) is 0. The SMILES string of the molecule is COc1[c]cc(Cl)c(C#N)c1. The van der Waals surface area contributed by atoms with E-state index in [1.54, 1.807) is 6.07 Å². The normalized spacial score (nSPS) is 8.82. The zero-order chi connectivity index (χ0) is 8.27. The third-order valence-corrected chi connectivity index (χ3v) is 1.53. The molecule has 0 bridgehead atoms. The van der Waals surface area contributed by atoms with Gasteiger partial charge in [-0.1, -0.05) is 11.6 Å². The Kier molecular flexibility index (Phi) is 2.35. The van der Waals surface area contributed by atoms with Crippen LogP contribution >= 0.6 is 11.6 Å².